The first-order chi connectivity index (χ1) is 8.63. The van der Waals surface area contributed by atoms with Gasteiger partial charge in [0.15, 0.2) is 0 Å². The normalized spacial score (nSPS) is 17.6. The first kappa shape index (κ1) is 12.8. The second kappa shape index (κ2) is 5.82. The fraction of sp³-hybridized carbons (Fsp3) is 0.462. The third-order valence-corrected chi connectivity index (χ3v) is 3.03. The van der Waals surface area contributed by atoms with Crippen LogP contribution in [0, 0.1) is 5.82 Å². The molecule has 2 rings (SSSR count). The van der Waals surface area contributed by atoms with E-state index in [1.807, 2.05) is 4.90 Å². The molecule has 2 N–H and O–H groups in total. The maximum absolute atomic E-state index is 12.7. The van der Waals surface area contributed by atoms with Crippen LogP contribution in [0.4, 0.5) is 4.39 Å². The standard InChI is InChI=1S/C13H17FN2O2/c14-10-1-3-11(4-2-10)18-12-5-7-16(8-6-12)9-13(15)17/h1-4,12H,5-9H2,(H2,15,17). The third kappa shape index (κ3) is 3.70. The number of primary amides is 1. The van der Waals surface area contributed by atoms with Crippen LogP contribution in [0.15, 0.2) is 24.3 Å². The van der Waals surface area contributed by atoms with E-state index in [0.29, 0.717) is 12.3 Å². The fourth-order valence-corrected chi connectivity index (χ4v) is 2.11. The second-order valence-electron chi connectivity index (χ2n) is 4.51. The minimum atomic E-state index is -0.298. The Morgan fingerprint density at radius 2 is 1.94 bits per heavy atom. The molecule has 1 amide bonds. The number of likely N-dealkylation sites (tertiary alicyclic amines) is 1. The molecule has 0 unspecified atom stereocenters. The number of benzene rings is 1. The summed E-state index contributed by atoms with van der Waals surface area (Å²) in [4.78, 5) is 12.8. The summed E-state index contributed by atoms with van der Waals surface area (Å²) < 4.78 is 18.5. The Balaban J connectivity index is 1.79. The van der Waals surface area contributed by atoms with Gasteiger partial charge in [-0.25, -0.2) is 4.39 Å². The third-order valence-electron chi connectivity index (χ3n) is 3.03. The highest BCUT2D eigenvalue weighted by atomic mass is 19.1. The van der Waals surface area contributed by atoms with E-state index < -0.39 is 0 Å². The van der Waals surface area contributed by atoms with Crippen molar-refractivity contribution in [3.05, 3.63) is 30.1 Å². The number of amides is 1. The van der Waals surface area contributed by atoms with Gasteiger partial charge < -0.3 is 10.5 Å². The van der Waals surface area contributed by atoms with E-state index in [9.17, 15) is 9.18 Å². The number of carbonyl (C=O) groups excluding carboxylic acids is 1. The summed E-state index contributed by atoms with van der Waals surface area (Å²) in [6.45, 7) is 1.91. The molecule has 18 heavy (non-hydrogen) atoms. The van der Waals surface area contributed by atoms with Crippen LogP contribution >= 0.6 is 0 Å². The van der Waals surface area contributed by atoms with Gasteiger partial charge in [-0.1, -0.05) is 0 Å². The van der Waals surface area contributed by atoms with Gasteiger partial charge in [0.25, 0.3) is 0 Å². The van der Waals surface area contributed by atoms with E-state index >= 15 is 0 Å². The van der Waals surface area contributed by atoms with E-state index in [0.717, 1.165) is 25.9 Å². The van der Waals surface area contributed by atoms with Gasteiger partial charge in [-0.3, -0.25) is 9.69 Å². The first-order valence-electron chi connectivity index (χ1n) is 6.06. The number of ether oxygens (including phenoxy) is 1. The molecule has 0 bridgehead atoms. The zero-order chi connectivity index (χ0) is 13.0. The number of rotatable bonds is 4. The fourth-order valence-electron chi connectivity index (χ4n) is 2.11. The SMILES string of the molecule is NC(=O)CN1CCC(Oc2ccc(F)cc2)CC1. The molecule has 1 aromatic rings. The average molecular weight is 252 g/mol. The van der Waals surface area contributed by atoms with Crippen LogP contribution in [-0.4, -0.2) is 36.5 Å². The Hall–Kier alpha value is -1.62. The number of hydrogen-bond acceptors (Lipinski definition) is 3. The van der Waals surface area contributed by atoms with Crippen molar-refractivity contribution in [1.82, 2.24) is 4.90 Å². The van der Waals surface area contributed by atoms with Crippen LogP contribution < -0.4 is 10.5 Å². The van der Waals surface area contributed by atoms with Gasteiger partial charge >= 0.3 is 0 Å². The molecule has 1 heterocycles. The maximum atomic E-state index is 12.7. The number of hydrogen-bond donors (Lipinski definition) is 1. The van der Waals surface area contributed by atoms with Crippen molar-refractivity contribution >= 4 is 5.91 Å². The molecule has 0 radical (unpaired) electrons. The van der Waals surface area contributed by atoms with E-state index in [4.69, 9.17) is 10.5 Å². The molecule has 0 atom stereocenters. The number of nitrogens with two attached hydrogens (primary N) is 1. The quantitative estimate of drug-likeness (QED) is 0.874. The lowest BCUT2D eigenvalue weighted by Gasteiger charge is -2.31. The largest absolute Gasteiger partial charge is 0.490 e. The zero-order valence-corrected chi connectivity index (χ0v) is 10.1. The molecule has 0 aliphatic carbocycles. The van der Waals surface area contributed by atoms with Gasteiger partial charge in [0.2, 0.25) is 5.91 Å². The highest BCUT2D eigenvalue weighted by molar-refractivity contribution is 5.75. The van der Waals surface area contributed by atoms with Crippen molar-refractivity contribution < 1.29 is 13.9 Å². The molecule has 0 aromatic heterocycles. The smallest absolute Gasteiger partial charge is 0.231 e. The van der Waals surface area contributed by atoms with E-state index in [1.165, 1.54) is 12.1 Å². The Morgan fingerprint density at radius 1 is 1.33 bits per heavy atom. The lowest BCUT2D eigenvalue weighted by Crippen LogP contribution is -2.42. The Kier molecular flexibility index (Phi) is 4.15. The number of nitrogens with zero attached hydrogens (tertiary/aromatic N) is 1. The van der Waals surface area contributed by atoms with Gasteiger partial charge in [0.05, 0.1) is 6.54 Å². The molecular weight excluding hydrogens is 235 g/mol. The van der Waals surface area contributed by atoms with Crippen molar-refractivity contribution in [3.63, 3.8) is 0 Å². The summed E-state index contributed by atoms with van der Waals surface area (Å²) in [5.41, 5.74) is 5.15. The summed E-state index contributed by atoms with van der Waals surface area (Å²) in [5.74, 6) is 0.122. The molecular formula is C13H17FN2O2. The van der Waals surface area contributed by atoms with Gasteiger partial charge in [-0.05, 0) is 37.1 Å². The number of halogens is 1. The minimum Gasteiger partial charge on any atom is -0.490 e. The van der Waals surface area contributed by atoms with Gasteiger partial charge in [0.1, 0.15) is 17.7 Å². The molecule has 1 aliphatic heterocycles. The van der Waals surface area contributed by atoms with Gasteiger partial charge in [-0.15, -0.1) is 0 Å². The maximum Gasteiger partial charge on any atom is 0.231 e. The van der Waals surface area contributed by atoms with Crippen LogP contribution in [0.1, 0.15) is 12.8 Å². The predicted octanol–water partition coefficient (Wildman–Crippen LogP) is 1.15. The zero-order valence-electron chi connectivity index (χ0n) is 10.1. The van der Waals surface area contributed by atoms with Crippen LogP contribution in [0.3, 0.4) is 0 Å². The van der Waals surface area contributed by atoms with Crippen LogP contribution in [0.5, 0.6) is 5.75 Å². The van der Waals surface area contributed by atoms with Gasteiger partial charge in [0, 0.05) is 13.1 Å². The van der Waals surface area contributed by atoms with E-state index in [2.05, 4.69) is 0 Å². The highest BCUT2D eigenvalue weighted by Crippen LogP contribution is 2.19. The number of carbonyl (C=O) groups is 1. The molecule has 1 fully saturated rings. The molecule has 1 aliphatic rings. The lowest BCUT2D eigenvalue weighted by molar-refractivity contribution is -0.119. The molecule has 4 nitrogen and oxygen atoms in total. The summed E-state index contributed by atoms with van der Waals surface area (Å²) in [6, 6.07) is 6.03. The molecule has 0 saturated carbocycles. The van der Waals surface area contributed by atoms with Gasteiger partial charge in [-0.2, -0.15) is 0 Å². The summed E-state index contributed by atoms with van der Waals surface area (Å²) in [6.07, 6.45) is 1.83. The van der Waals surface area contributed by atoms with Crippen molar-refractivity contribution in [2.75, 3.05) is 19.6 Å². The molecule has 0 spiro atoms. The second-order valence-corrected chi connectivity index (χ2v) is 4.51. The van der Waals surface area contributed by atoms with Crippen LogP contribution in [-0.2, 0) is 4.79 Å². The topological polar surface area (TPSA) is 55.6 Å². The number of piperidine rings is 1. The van der Waals surface area contributed by atoms with E-state index in [1.54, 1.807) is 12.1 Å². The minimum absolute atomic E-state index is 0.125. The summed E-state index contributed by atoms with van der Waals surface area (Å²) in [5, 5.41) is 0. The average Bonchev–Trinajstić information content (AvgIpc) is 2.34. The predicted molar refractivity (Wildman–Crippen MR) is 65.7 cm³/mol. The molecule has 1 saturated heterocycles. The Bertz CT molecular complexity index is 400. The highest BCUT2D eigenvalue weighted by Gasteiger charge is 2.21. The van der Waals surface area contributed by atoms with Crippen molar-refractivity contribution in [2.45, 2.75) is 18.9 Å². The van der Waals surface area contributed by atoms with Crippen LogP contribution in [0.25, 0.3) is 0 Å². The molecule has 5 heteroatoms. The summed E-state index contributed by atoms with van der Waals surface area (Å²) in [7, 11) is 0. The first-order valence-corrected chi connectivity index (χ1v) is 6.06. The Labute approximate surface area is 106 Å². The Morgan fingerprint density at radius 3 is 2.50 bits per heavy atom. The molecule has 1 aromatic carbocycles. The summed E-state index contributed by atoms with van der Waals surface area (Å²) >= 11 is 0. The van der Waals surface area contributed by atoms with Crippen LogP contribution in [0.2, 0.25) is 0 Å². The van der Waals surface area contributed by atoms with E-state index in [-0.39, 0.29) is 17.8 Å². The molecule has 98 valence electrons. The lowest BCUT2D eigenvalue weighted by atomic mass is 10.1. The van der Waals surface area contributed by atoms with Crippen molar-refractivity contribution in [2.24, 2.45) is 5.73 Å². The monoisotopic (exact) mass is 252 g/mol. The van der Waals surface area contributed by atoms with Crippen molar-refractivity contribution in [3.8, 4) is 5.75 Å². The van der Waals surface area contributed by atoms with Crippen molar-refractivity contribution in [1.29, 1.82) is 0 Å².